The number of thiophene rings is 1. The third-order valence-corrected chi connectivity index (χ3v) is 6.75. The molecule has 182 valence electrons. The van der Waals surface area contributed by atoms with Crippen molar-refractivity contribution in [2.24, 2.45) is 0 Å². The van der Waals surface area contributed by atoms with Crippen LogP contribution in [0.5, 0.6) is 11.5 Å². The van der Waals surface area contributed by atoms with Crippen LogP contribution in [0.4, 0.5) is 5.00 Å². The van der Waals surface area contributed by atoms with E-state index in [4.69, 9.17) is 26.4 Å². The molecule has 1 aliphatic carbocycles. The summed E-state index contributed by atoms with van der Waals surface area (Å²) < 4.78 is 16.7. The second kappa shape index (κ2) is 11.8. The van der Waals surface area contributed by atoms with Crippen molar-refractivity contribution in [1.29, 1.82) is 0 Å². The minimum absolute atomic E-state index is 0.0997. The number of carbonyl (C=O) groups excluding carboxylic acids is 2. The Kier molecular flexibility index (Phi) is 8.33. The Morgan fingerprint density at radius 3 is 2.54 bits per heavy atom. The van der Waals surface area contributed by atoms with Crippen molar-refractivity contribution in [2.45, 2.75) is 26.2 Å². The Balaban J connectivity index is 1.37. The Morgan fingerprint density at radius 2 is 1.74 bits per heavy atom. The van der Waals surface area contributed by atoms with E-state index in [0.717, 1.165) is 35.5 Å². The first-order chi connectivity index (χ1) is 17.1. The van der Waals surface area contributed by atoms with E-state index in [0.29, 0.717) is 28.5 Å². The first-order valence-corrected chi connectivity index (χ1v) is 12.6. The number of nitrogens with one attached hydrogen (secondary N) is 2. The zero-order valence-corrected chi connectivity index (χ0v) is 20.9. The molecule has 0 unspecified atom stereocenters. The zero-order valence-electron chi connectivity index (χ0n) is 19.3. The van der Waals surface area contributed by atoms with Gasteiger partial charge in [0.15, 0.2) is 5.11 Å². The van der Waals surface area contributed by atoms with Gasteiger partial charge >= 0.3 is 5.97 Å². The molecule has 7 nitrogen and oxygen atoms in total. The van der Waals surface area contributed by atoms with Crippen LogP contribution in [-0.4, -0.2) is 36.8 Å². The highest BCUT2D eigenvalue weighted by molar-refractivity contribution is 7.80. The van der Waals surface area contributed by atoms with Crippen molar-refractivity contribution in [3.63, 3.8) is 0 Å². The topological polar surface area (TPSA) is 85.9 Å². The van der Waals surface area contributed by atoms with Crippen LogP contribution < -0.4 is 20.1 Å². The normalized spacial score (nSPS) is 11.9. The Labute approximate surface area is 213 Å². The molecule has 1 aliphatic rings. The van der Waals surface area contributed by atoms with E-state index in [1.54, 1.807) is 31.2 Å². The van der Waals surface area contributed by atoms with E-state index >= 15 is 0 Å². The summed E-state index contributed by atoms with van der Waals surface area (Å²) in [6.45, 7) is 2.66. The highest BCUT2D eigenvalue weighted by Gasteiger charge is 2.28. The van der Waals surface area contributed by atoms with Crippen LogP contribution in [0.1, 0.15) is 44.5 Å². The van der Waals surface area contributed by atoms with Crippen molar-refractivity contribution in [3.05, 3.63) is 76.2 Å². The molecule has 1 aromatic heterocycles. The molecule has 0 atom stereocenters. The van der Waals surface area contributed by atoms with Gasteiger partial charge in [0.2, 0.25) is 0 Å². The minimum Gasteiger partial charge on any atom is -0.490 e. The fraction of sp³-hybridized carbons (Fsp3) is 0.269. The smallest absolute Gasteiger partial charge is 0.341 e. The number of para-hydroxylation sites is 2. The second-order valence-electron chi connectivity index (χ2n) is 7.70. The lowest BCUT2D eigenvalue weighted by Crippen LogP contribution is -2.34. The molecular formula is C26H26N2O5S2. The molecule has 0 aliphatic heterocycles. The van der Waals surface area contributed by atoms with Gasteiger partial charge in [-0.15, -0.1) is 11.3 Å². The Hall–Kier alpha value is -3.43. The van der Waals surface area contributed by atoms with E-state index in [9.17, 15) is 9.59 Å². The molecule has 0 spiro atoms. The molecular weight excluding hydrogens is 484 g/mol. The van der Waals surface area contributed by atoms with Gasteiger partial charge in [0, 0.05) is 4.88 Å². The van der Waals surface area contributed by atoms with E-state index in [-0.39, 0.29) is 24.3 Å². The average Bonchev–Trinajstić information content (AvgIpc) is 3.43. The summed E-state index contributed by atoms with van der Waals surface area (Å²) in [5.74, 6) is 0.385. The van der Waals surface area contributed by atoms with Crippen LogP contribution in [0.25, 0.3) is 0 Å². The molecule has 0 fully saturated rings. The van der Waals surface area contributed by atoms with Gasteiger partial charge in [0.05, 0.1) is 17.7 Å². The molecule has 0 saturated heterocycles. The predicted octanol–water partition coefficient (Wildman–Crippen LogP) is 5.00. The summed E-state index contributed by atoms with van der Waals surface area (Å²) in [7, 11) is 0. The number of amides is 1. The molecule has 9 heteroatoms. The molecule has 2 aromatic carbocycles. The van der Waals surface area contributed by atoms with Gasteiger partial charge in [-0.1, -0.05) is 30.3 Å². The lowest BCUT2D eigenvalue weighted by molar-refractivity contribution is 0.0527. The quantitative estimate of drug-likeness (QED) is 0.238. The first kappa shape index (κ1) is 24.7. The fourth-order valence-corrected chi connectivity index (χ4v) is 5.37. The first-order valence-electron chi connectivity index (χ1n) is 11.4. The third kappa shape index (κ3) is 6.17. The van der Waals surface area contributed by atoms with E-state index in [1.165, 1.54) is 11.3 Å². The fourth-order valence-electron chi connectivity index (χ4n) is 3.82. The molecule has 0 saturated carbocycles. The van der Waals surface area contributed by atoms with Gasteiger partial charge in [-0.3, -0.25) is 10.1 Å². The van der Waals surface area contributed by atoms with Gasteiger partial charge < -0.3 is 19.5 Å². The summed E-state index contributed by atoms with van der Waals surface area (Å²) in [4.78, 5) is 26.7. The van der Waals surface area contributed by atoms with E-state index in [2.05, 4.69) is 10.6 Å². The SMILES string of the molecule is CCOC(=O)c1c(NC(=S)NC(=O)c2ccccc2OCCOc2ccccc2)sc2c1CCC2. The number of carbonyl (C=O) groups is 2. The number of fused-ring (bicyclic) bond motifs is 1. The standard InChI is InChI=1S/C26H26N2O5S2/c1-2-31-25(30)22-19-12-8-14-21(19)35-24(22)28-26(34)27-23(29)18-11-6-7-13-20(18)33-16-15-32-17-9-4-3-5-10-17/h3-7,9-11,13H,2,8,12,14-16H2,1H3,(H2,27,28,29,34). The van der Waals surface area contributed by atoms with E-state index < -0.39 is 5.91 Å². The highest BCUT2D eigenvalue weighted by Crippen LogP contribution is 2.39. The molecule has 35 heavy (non-hydrogen) atoms. The lowest BCUT2D eigenvalue weighted by Gasteiger charge is -2.14. The molecule has 0 radical (unpaired) electrons. The van der Waals surface area contributed by atoms with Crippen molar-refractivity contribution >= 4 is 45.5 Å². The van der Waals surface area contributed by atoms with Gasteiger partial charge in [-0.05, 0) is 68.2 Å². The molecule has 2 N–H and O–H groups in total. The second-order valence-corrected chi connectivity index (χ2v) is 9.21. The molecule has 0 bridgehead atoms. The number of aryl methyl sites for hydroxylation is 1. The van der Waals surface area contributed by atoms with Crippen molar-refractivity contribution < 1.29 is 23.8 Å². The number of anilines is 1. The van der Waals surface area contributed by atoms with Crippen molar-refractivity contribution in [1.82, 2.24) is 5.32 Å². The number of rotatable bonds is 9. The molecule has 1 heterocycles. The number of hydrogen-bond donors (Lipinski definition) is 2. The number of hydrogen-bond acceptors (Lipinski definition) is 7. The maximum atomic E-state index is 12.9. The van der Waals surface area contributed by atoms with Gasteiger partial charge in [-0.25, -0.2) is 4.79 Å². The Morgan fingerprint density at radius 1 is 1.00 bits per heavy atom. The third-order valence-electron chi connectivity index (χ3n) is 5.34. The van der Waals surface area contributed by atoms with Gasteiger partial charge in [0.25, 0.3) is 5.91 Å². The van der Waals surface area contributed by atoms with Gasteiger partial charge in [-0.2, -0.15) is 0 Å². The molecule has 4 rings (SSSR count). The van der Waals surface area contributed by atoms with E-state index in [1.807, 2.05) is 30.3 Å². The van der Waals surface area contributed by atoms with Crippen LogP contribution in [0.2, 0.25) is 0 Å². The number of thiocarbonyl (C=S) groups is 1. The highest BCUT2D eigenvalue weighted by atomic mass is 32.1. The maximum absolute atomic E-state index is 12.9. The number of esters is 1. The van der Waals surface area contributed by atoms with Crippen LogP contribution in [-0.2, 0) is 17.6 Å². The molecule has 1 amide bonds. The summed E-state index contributed by atoms with van der Waals surface area (Å²) in [5, 5.41) is 6.41. The summed E-state index contributed by atoms with van der Waals surface area (Å²) >= 11 is 6.86. The minimum atomic E-state index is -0.413. The summed E-state index contributed by atoms with van der Waals surface area (Å²) in [6.07, 6.45) is 2.77. The lowest BCUT2D eigenvalue weighted by atomic mass is 10.1. The zero-order chi connectivity index (χ0) is 24.6. The van der Waals surface area contributed by atoms with Gasteiger partial charge in [0.1, 0.15) is 29.7 Å². The van der Waals surface area contributed by atoms with Crippen LogP contribution >= 0.6 is 23.6 Å². The largest absolute Gasteiger partial charge is 0.490 e. The monoisotopic (exact) mass is 510 g/mol. The average molecular weight is 511 g/mol. The van der Waals surface area contributed by atoms with Crippen LogP contribution in [0, 0.1) is 0 Å². The van der Waals surface area contributed by atoms with Crippen molar-refractivity contribution in [2.75, 3.05) is 25.1 Å². The number of ether oxygens (including phenoxy) is 3. The van der Waals surface area contributed by atoms with Crippen LogP contribution in [0.3, 0.4) is 0 Å². The number of benzene rings is 2. The van der Waals surface area contributed by atoms with Crippen molar-refractivity contribution in [3.8, 4) is 11.5 Å². The Bertz CT molecular complexity index is 1210. The molecule has 3 aromatic rings. The maximum Gasteiger partial charge on any atom is 0.341 e. The predicted molar refractivity (Wildman–Crippen MR) is 140 cm³/mol. The summed E-state index contributed by atoms with van der Waals surface area (Å²) in [6, 6.07) is 16.4. The summed E-state index contributed by atoms with van der Waals surface area (Å²) in [5.41, 5.74) is 1.88. The van der Waals surface area contributed by atoms with Crippen LogP contribution in [0.15, 0.2) is 54.6 Å².